The van der Waals surface area contributed by atoms with Crippen LogP contribution in [-0.2, 0) is 17.8 Å². The molecule has 0 aliphatic rings. The monoisotopic (exact) mass is 374 g/mol. The zero-order valence-electron chi connectivity index (χ0n) is 16.7. The second-order valence-electron chi connectivity index (χ2n) is 6.51. The predicted molar refractivity (Wildman–Crippen MR) is 110 cm³/mol. The van der Waals surface area contributed by atoms with E-state index < -0.39 is 0 Å². The van der Waals surface area contributed by atoms with Gasteiger partial charge < -0.3 is 15.0 Å². The normalized spacial score (nSPS) is 12.9. The summed E-state index contributed by atoms with van der Waals surface area (Å²) in [4.78, 5) is 11.6. The van der Waals surface area contributed by atoms with E-state index in [1.165, 1.54) is 16.7 Å². The molecule has 0 aliphatic carbocycles. The number of aromatic nitrogens is 1. The fourth-order valence-corrected chi connectivity index (χ4v) is 3.50. The summed E-state index contributed by atoms with van der Waals surface area (Å²) < 4.78 is 5.35. The molecular formula is C20H30N4OS. The molecule has 0 fully saturated rings. The molecule has 5 nitrogen and oxygen atoms in total. The minimum Gasteiger partial charge on any atom is -0.375 e. The highest BCUT2D eigenvalue weighted by molar-refractivity contribution is 7.09. The van der Waals surface area contributed by atoms with Gasteiger partial charge in [-0.05, 0) is 38.8 Å². The van der Waals surface area contributed by atoms with Crippen LogP contribution in [0.5, 0.6) is 0 Å². The molecule has 1 aromatic carbocycles. The minimum absolute atomic E-state index is 0.0328. The molecular weight excluding hydrogens is 344 g/mol. The van der Waals surface area contributed by atoms with Crippen LogP contribution in [0.3, 0.4) is 0 Å². The molecule has 2 aromatic rings. The maximum atomic E-state index is 5.35. The zero-order valence-corrected chi connectivity index (χ0v) is 17.5. The highest BCUT2D eigenvalue weighted by Crippen LogP contribution is 2.21. The predicted octanol–water partition coefficient (Wildman–Crippen LogP) is 4.06. The van der Waals surface area contributed by atoms with Crippen molar-refractivity contribution < 1.29 is 4.74 Å². The summed E-state index contributed by atoms with van der Waals surface area (Å²) in [7, 11) is 3.75. The van der Waals surface area contributed by atoms with Gasteiger partial charge in [0.05, 0.1) is 18.8 Å². The summed E-state index contributed by atoms with van der Waals surface area (Å²) in [6.45, 7) is 10.6. The summed E-state index contributed by atoms with van der Waals surface area (Å²) >= 11 is 1.64. The van der Waals surface area contributed by atoms with Crippen LogP contribution >= 0.6 is 11.3 Å². The lowest BCUT2D eigenvalue weighted by Crippen LogP contribution is -2.38. The van der Waals surface area contributed by atoms with Crippen LogP contribution in [0.2, 0.25) is 0 Å². The van der Waals surface area contributed by atoms with E-state index in [9.17, 15) is 0 Å². The van der Waals surface area contributed by atoms with Gasteiger partial charge in [-0.1, -0.05) is 23.8 Å². The average Bonchev–Trinajstić information content (AvgIpc) is 3.07. The van der Waals surface area contributed by atoms with Crippen molar-refractivity contribution in [2.45, 2.75) is 46.9 Å². The first-order chi connectivity index (χ1) is 12.4. The van der Waals surface area contributed by atoms with Gasteiger partial charge in [-0.2, -0.15) is 0 Å². The highest BCUT2D eigenvalue weighted by Gasteiger charge is 2.12. The standard InChI is InChI=1S/C20H30N4OS/c1-7-21-20(22-11-17-9-8-14(2)10-15(17)3)24(5)12-18-13-26-19(23-18)16(4)25-6/h8-10,13,16H,7,11-12H2,1-6H3,(H,21,22). The molecule has 0 radical (unpaired) electrons. The molecule has 26 heavy (non-hydrogen) atoms. The molecule has 1 atom stereocenters. The van der Waals surface area contributed by atoms with Crippen LogP contribution in [0.4, 0.5) is 0 Å². The van der Waals surface area contributed by atoms with Crippen molar-refractivity contribution in [2.24, 2.45) is 4.99 Å². The van der Waals surface area contributed by atoms with Crippen molar-refractivity contribution in [2.75, 3.05) is 20.7 Å². The van der Waals surface area contributed by atoms with Crippen molar-refractivity contribution in [3.05, 3.63) is 51.0 Å². The Hall–Kier alpha value is -1.92. The molecule has 0 spiro atoms. The first-order valence-electron chi connectivity index (χ1n) is 8.97. The van der Waals surface area contributed by atoms with Gasteiger partial charge >= 0.3 is 0 Å². The quantitative estimate of drug-likeness (QED) is 0.586. The molecule has 0 amide bonds. The number of guanidine groups is 1. The third kappa shape index (κ3) is 5.54. The number of aliphatic imine (C=N–C) groups is 1. The van der Waals surface area contributed by atoms with Crippen molar-refractivity contribution in [1.82, 2.24) is 15.2 Å². The number of nitrogens with zero attached hydrogens (tertiary/aromatic N) is 3. The molecule has 1 N–H and O–H groups in total. The van der Waals surface area contributed by atoms with Gasteiger partial charge in [0.2, 0.25) is 0 Å². The summed E-state index contributed by atoms with van der Waals surface area (Å²) in [5.41, 5.74) is 4.85. The van der Waals surface area contributed by atoms with Gasteiger partial charge in [0.15, 0.2) is 5.96 Å². The number of ether oxygens (including phenoxy) is 1. The van der Waals surface area contributed by atoms with Gasteiger partial charge in [-0.25, -0.2) is 9.98 Å². The Bertz CT molecular complexity index is 741. The van der Waals surface area contributed by atoms with Crippen molar-refractivity contribution >= 4 is 17.3 Å². The van der Waals surface area contributed by atoms with E-state index in [1.54, 1.807) is 18.4 Å². The largest absolute Gasteiger partial charge is 0.375 e. The summed E-state index contributed by atoms with van der Waals surface area (Å²) in [6.07, 6.45) is 0.0328. The molecule has 1 unspecified atom stereocenters. The van der Waals surface area contributed by atoms with E-state index in [2.05, 4.69) is 59.6 Å². The number of hydrogen-bond acceptors (Lipinski definition) is 4. The molecule has 2 rings (SSSR count). The zero-order chi connectivity index (χ0) is 19.1. The summed E-state index contributed by atoms with van der Waals surface area (Å²) in [6, 6.07) is 6.51. The van der Waals surface area contributed by atoms with Crippen LogP contribution in [0.15, 0.2) is 28.6 Å². The molecule has 0 bridgehead atoms. The van der Waals surface area contributed by atoms with E-state index in [1.807, 2.05) is 14.0 Å². The number of methoxy groups -OCH3 is 1. The minimum atomic E-state index is 0.0328. The van der Waals surface area contributed by atoms with Crippen molar-refractivity contribution in [1.29, 1.82) is 0 Å². The van der Waals surface area contributed by atoms with Crippen LogP contribution in [0.1, 0.15) is 47.3 Å². The van der Waals surface area contributed by atoms with E-state index in [-0.39, 0.29) is 6.10 Å². The van der Waals surface area contributed by atoms with Gasteiger partial charge in [-0.15, -0.1) is 11.3 Å². The SMILES string of the molecule is CCNC(=NCc1ccc(C)cc1C)N(C)Cc1csc(C(C)OC)n1. The number of aryl methyl sites for hydroxylation is 2. The summed E-state index contributed by atoms with van der Waals surface area (Å²) in [5.74, 6) is 0.891. The van der Waals surface area contributed by atoms with Crippen molar-refractivity contribution in [3.63, 3.8) is 0 Å². The maximum Gasteiger partial charge on any atom is 0.194 e. The maximum absolute atomic E-state index is 5.35. The Kier molecular flexibility index (Phi) is 7.60. The lowest BCUT2D eigenvalue weighted by molar-refractivity contribution is 0.119. The fourth-order valence-electron chi connectivity index (χ4n) is 2.65. The highest BCUT2D eigenvalue weighted by atomic mass is 32.1. The molecule has 1 aromatic heterocycles. The lowest BCUT2D eigenvalue weighted by atomic mass is 10.1. The van der Waals surface area contributed by atoms with Gasteiger partial charge in [0, 0.05) is 26.1 Å². The first kappa shape index (κ1) is 20.4. The Morgan fingerprint density at radius 1 is 1.38 bits per heavy atom. The average molecular weight is 375 g/mol. The molecule has 0 aliphatic heterocycles. The van der Waals surface area contributed by atoms with E-state index in [0.717, 1.165) is 23.2 Å². The Balaban J connectivity index is 2.08. The second kappa shape index (κ2) is 9.69. The van der Waals surface area contributed by atoms with Gasteiger partial charge in [-0.3, -0.25) is 0 Å². The Morgan fingerprint density at radius 2 is 2.15 bits per heavy atom. The number of benzene rings is 1. The smallest absolute Gasteiger partial charge is 0.194 e. The molecule has 0 saturated heterocycles. The van der Waals surface area contributed by atoms with E-state index >= 15 is 0 Å². The fraction of sp³-hybridized carbons (Fsp3) is 0.500. The molecule has 142 valence electrons. The third-order valence-electron chi connectivity index (χ3n) is 4.26. The van der Waals surface area contributed by atoms with Crippen LogP contribution < -0.4 is 5.32 Å². The number of rotatable bonds is 7. The third-order valence-corrected chi connectivity index (χ3v) is 5.32. The van der Waals surface area contributed by atoms with Gasteiger partial charge in [0.1, 0.15) is 11.1 Å². The summed E-state index contributed by atoms with van der Waals surface area (Å²) in [5, 5.41) is 6.47. The molecule has 6 heteroatoms. The topological polar surface area (TPSA) is 49.8 Å². The Morgan fingerprint density at radius 3 is 2.81 bits per heavy atom. The van der Waals surface area contributed by atoms with Crippen LogP contribution in [0, 0.1) is 13.8 Å². The number of hydrogen-bond donors (Lipinski definition) is 1. The first-order valence-corrected chi connectivity index (χ1v) is 9.85. The van der Waals surface area contributed by atoms with Crippen molar-refractivity contribution in [3.8, 4) is 0 Å². The lowest BCUT2D eigenvalue weighted by Gasteiger charge is -2.21. The van der Waals surface area contributed by atoms with Gasteiger partial charge in [0.25, 0.3) is 0 Å². The second-order valence-corrected chi connectivity index (χ2v) is 7.40. The Labute approximate surface area is 161 Å². The molecule has 0 saturated carbocycles. The number of nitrogens with one attached hydrogen (secondary N) is 1. The van der Waals surface area contributed by atoms with Crippen LogP contribution in [-0.4, -0.2) is 36.5 Å². The molecule has 1 heterocycles. The number of thiazole rings is 1. The van der Waals surface area contributed by atoms with Crippen LogP contribution in [0.25, 0.3) is 0 Å². The van der Waals surface area contributed by atoms with E-state index in [4.69, 9.17) is 9.73 Å². The van der Waals surface area contributed by atoms with E-state index in [0.29, 0.717) is 13.1 Å².